The number of halogens is 1. The third kappa shape index (κ3) is 3.79. The van der Waals surface area contributed by atoms with Crippen LogP contribution in [-0.2, 0) is 16.1 Å². The van der Waals surface area contributed by atoms with Gasteiger partial charge in [-0.05, 0) is 24.3 Å². The molecule has 1 aromatic heterocycles. The Morgan fingerprint density at radius 1 is 1.65 bits per heavy atom. The maximum Gasteiger partial charge on any atom is 0.233 e. The van der Waals surface area contributed by atoms with Crippen molar-refractivity contribution < 1.29 is 9.53 Å². The van der Waals surface area contributed by atoms with Gasteiger partial charge in [0.15, 0.2) is 0 Å². The summed E-state index contributed by atoms with van der Waals surface area (Å²) in [6.07, 6.45) is 2.40. The van der Waals surface area contributed by atoms with Crippen LogP contribution in [0.15, 0.2) is 17.5 Å². The van der Waals surface area contributed by atoms with Crippen LogP contribution in [0.3, 0.4) is 0 Å². The first-order chi connectivity index (χ1) is 8.29. The molecule has 0 aromatic carbocycles. The van der Waals surface area contributed by atoms with Gasteiger partial charge in [-0.3, -0.25) is 4.79 Å². The third-order valence-electron chi connectivity index (χ3n) is 2.84. The molecule has 0 N–H and O–H groups in total. The fourth-order valence-electron chi connectivity index (χ4n) is 1.96. The number of alkyl halides is 1. The zero-order chi connectivity index (χ0) is 12.1. The Kier molecular flexibility index (Phi) is 5.00. The second kappa shape index (κ2) is 6.52. The number of hydrogen-bond donors (Lipinski definition) is 0. The van der Waals surface area contributed by atoms with Crippen molar-refractivity contribution in [3.8, 4) is 0 Å². The van der Waals surface area contributed by atoms with E-state index in [-0.39, 0.29) is 12.0 Å². The van der Waals surface area contributed by atoms with Gasteiger partial charge in [0.2, 0.25) is 5.91 Å². The van der Waals surface area contributed by atoms with Gasteiger partial charge >= 0.3 is 0 Å². The molecule has 1 amide bonds. The van der Waals surface area contributed by atoms with Crippen molar-refractivity contribution in [1.29, 1.82) is 0 Å². The summed E-state index contributed by atoms with van der Waals surface area (Å²) in [4.78, 5) is 15.0. The van der Waals surface area contributed by atoms with Crippen molar-refractivity contribution in [3.05, 3.63) is 22.4 Å². The number of ether oxygens (including phenoxy) is 1. The van der Waals surface area contributed by atoms with E-state index in [4.69, 9.17) is 4.74 Å². The Morgan fingerprint density at radius 3 is 3.12 bits per heavy atom. The standard InChI is InChI=1S/C12H16BrNO2S/c13-7-12(15)14(8-10-3-1-5-16-10)9-11-4-2-6-17-11/h2,4,6,10H,1,3,5,7-9H2. The highest BCUT2D eigenvalue weighted by Crippen LogP contribution is 2.17. The summed E-state index contributed by atoms with van der Waals surface area (Å²) in [6.45, 7) is 2.24. The highest BCUT2D eigenvalue weighted by molar-refractivity contribution is 9.09. The smallest absolute Gasteiger partial charge is 0.233 e. The molecular weight excluding hydrogens is 302 g/mol. The lowest BCUT2D eigenvalue weighted by atomic mass is 10.2. The molecule has 0 spiro atoms. The molecule has 3 nitrogen and oxygen atoms in total. The molecule has 0 aliphatic carbocycles. The van der Waals surface area contributed by atoms with E-state index in [1.54, 1.807) is 11.3 Å². The van der Waals surface area contributed by atoms with Gasteiger partial charge in [0.25, 0.3) is 0 Å². The summed E-state index contributed by atoms with van der Waals surface area (Å²) in [5.41, 5.74) is 0. The van der Waals surface area contributed by atoms with E-state index in [1.807, 2.05) is 16.3 Å². The van der Waals surface area contributed by atoms with Gasteiger partial charge in [-0.2, -0.15) is 0 Å². The molecule has 1 aromatic rings. The van der Waals surface area contributed by atoms with Crippen LogP contribution in [0.25, 0.3) is 0 Å². The van der Waals surface area contributed by atoms with Gasteiger partial charge in [-0.25, -0.2) is 0 Å². The maximum atomic E-state index is 11.9. The fraction of sp³-hybridized carbons (Fsp3) is 0.583. The molecule has 1 aliphatic heterocycles. The molecule has 5 heteroatoms. The number of carbonyl (C=O) groups is 1. The van der Waals surface area contributed by atoms with E-state index in [1.165, 1.54) is 4.88 Å². The molecule has 2 rings (SSSR count). The number of nitrogens with zero attached hydrogens (tertiary/aromatic N) is 1. The summed E-state index contributed by atoms with van der Waals surface area (Å²) < 4.78 is 5.59. The summed E-state index contributed by atoms with van der Waals surface area (Å²) in [6, 6.07) is 4.08. The van der Waals surface area contributed by atoms with Gasteiger partial charge in [0, 0.05) is 18.0 Å². The second-order valence-corrected chi connectivity index (χ2v) is 5.72. The lowest BCUT2D eigenvalue weighted by Gasteiger charge is -2.24. The van der Waals surface area contributed by atoms with Gasteiger partial charge in [-0.1, -0.05) is 22.0 Å². The summed E-state index contributed by atoms with van der Waals surface area (Å²) in [7, 11) is 0. The molecule has 1 saturated heterocycles. The molecule has 0 bridgehead atoms. The van der Waals surface area contributed by atoms with Crippen LogP contribution >= 0.6 is 27.3 Å². The summed E-state index contributed by atoms with van der Waals surface area (Å²) in [5.74, 6) is 0.133. The summed E-state index contributed by atoms with van der Waals surface area (Å²) in [5, 5.41) is 2.42. The van der Waals surface area contributed by atoms with E-state index < -0.39 is 0 Å². The van der Waals surface area contributed by atoms with Crippen LogP contribution in [0.4, 0.5) is 0 Å². The van der Waals surface area contributed by atoms with Gasteiger partial charge in [-0.15, -0.1) is 11.3 Å². The van der Waals surface area contributed by atoms with Crippen LogP contribution in [-0.4, -0.2) is 35.4 Å². The van der Waals surface area contributed by atoms with Crippen molar-refractivity contribution in [3.63, 3.8) is 0 Å². The number of amides is 1. The predicted octanol–water partition coefficient (Wildman–Crippen LogP) is 2.65. The Balaban J connectivity index is 1.94. The Bertz CT molecular complexity index is 349. The monoisotopic (exact) mass is 317 g/mol. The largest absolute Gasteiger partial charge is 0.376 e. The van der Waals surface area contributed by atoms with Crippen LogP contribution < -0.4 is 0 Å². The quantitative estimate of drug-likeness (QED) is 0.781. The average molecular weight is 318 g/mol. The zero-order valence-corrected chi connectivity index (χ0v) is 12.0. The van der Waals surface area contributed by atoms with Crippen molar-refractivity contribution in [1.82, 2.24) is 4.90 Å². The zero-order valence-electron chi connectivity index (χ0n) is 9.60. The molecule has 0 radical (unpaired) electrons. The molecule has 1 unspecified atom stereocenters. The van der Waals surface area contributed by atoms with E-state index in [2.05, 4.69) is 22.0 Å². The number of hydrogen-bond acceptors (Lipinski definition) is 3. The van der Waals surface area contributed by atoms with Gasteiger partial charge < -0.3 is 9.64 Å². The second-order valence-electron chi connectivity index (χ2n) is 4.12. The van der Waals surface area contributed by atoms with E-state index in [0.717, 1.165) is 19.4 Å². The number of thiophene rings is 1. The number of rotatable bonds is 5. The molecule has 2 heterocycles. The SMILES string of the molecule is O=C(CBr)N(Cc1cccs1)CC1CCCO1. The van der Waals surface area contributed by atoms with Crippen molar-refractivity contribution in [2.24, 2.45) is 0 Å². The first-order valence-corrected chi connectivity index (χ1v) is 7.77. The number of carbonyl (C=O) groups excluding carboxylic acids is 1. The highest BCUT2D eigenvalue weighted by atomic mass is 79.9. The highest BCUT2D eigenvalue weighted by Gasteiger charge is 2.22. The first kappa shape index (κ1) is 13.1. The summed E-state index contributed by atoms with van der Waals surface area (Å²) >= 11 is 4.93. The molecule has 1 aliphatic rings. The minimum atomic E-state index is 0.133. The Hall–Kier alpha value is -0.390. The minimum absolute atomic E-state index is 0.133. The Morgan fingerprint density at radius 2 is 2.53 bits per heavy atom. The molecule has 0 saturated carbocycles. The molecule has 94 valence electrons. The average Bonchev–Trinajstić information content (AvgIpc) is 3.00. The minimum Gasteiger partial charge on any atom is -0.376 e. The first-order valence-electron chi connectivity index (χ1n) is 5.77. The Labute approximate surface area is 114 Å². The van der Waals surface area contributed by atoms with Crippen molar-refractivity contribution >= 4 is 33.2 Å². The van der Waals surface area contributed by atoms with Crippen LogP contribution in [0, 0.1) is 0 Å². The van der Waals surface area contributed by atoms with Gasteiger partial charge in [0.05, 0.1) is 18.0 Å². The predicted molar refractivity (Wildman–Crippen MR) is 72.5 cm³/mol. The molecular formula is C12H16BrNO2S. The third-order valence-corrected chi connectivity index (χ3v) is 4.18. The van der Waals surface area contributed by atoms with E-state index >= 15 is 0 Å². The molecule has 17 heavy (non-hydrogen) atoms. The molecule has 1 atom stereocenters. The molecule has 1 fully saturated rings. The van der Waals surface area contributed by atoms with E-state index in [0.29, 0.717) is 18.4 Å². The van der Waals surface area contributed by atoms with Crippen LogP contribution in [0.2, 0.25) is 0 Å². The topological polar surface area (TPSA) is 29.5 Å². The van der Waals surface area contributed by atoms with Crippen molar-refractivity contribution in [2.75, 3.05) is 18.5 Å². The lowest BCUT2D eigenvalue weighted by Crippen LogP contribution is -2.37. The lowest BCUT2D eigenvalue weighted by molar-refractivity contribution is -0.130. The van der Waals surface area contributed by atoms with E-state index in [9.17, 15) is 4.79 Å². The maximum absolute atomic E-state index is 11.9. The van der Waals surface area contributed by atoms with Crippen LogP contribution in [0.1, 0.15) is 17.7 Å². The fourth-order valence-corrected chi connectivity index (χ4v) is 3.04. The van der Waals surface area contributed by atoms with Gasteiger partial charge in [0.1, 0.15) is 0 Å². The normalized spacial score (nSPS) is 19.5. The van der Waals surface area contributed by atoms with Crippen molar-refractivity contribution in [2.45, 2.75) is 25.5 Å². The van der Waals surface area contributed by atoms with Crippen LogP contribution in [0.5, 0.6) is 0 Å².